The quantitative estimate of drug-likeness (QED) is 0.723. The molecule has 5 nitrogen and oxygen atoms in total. The maximum absolute atomic E-state index is 11.9. The number of H-pyrrole nitrogens is 1. The van der Waals surface area contributed by atoms with Gasteiger partial charge in [-0.1, -0.05) is 30.0 Å². The van der Waals surface area contributed by atoms with Gasteiger partial charge in [-0.25, -0.2) is 0 Å². The van der Waals surface area contributed by atoms with E-state index >= 15 is 0 Å². The molecule has 3 N–H and O–H groups in total. The molecule has 5 heteroatoms. The van der Waals surface area contributed by atoms with Gasteiger partial charge in [-0.05, 0) is 17.7 Å². The molecule has 21 heavy (non-hydrogen) atoms. The van der Waals surface area contributed by atoms with E-state index in [2.05, 4.69) is 22.1 Å². The van der Waals surface area contributed by atoms with Crippen LogP contribution >= 0.6 is 0 Å². The normalized spacial score (nSPS) is 9.57. The van der Waals surface area contributed by atoms with Crippen molar-refractivity contribution < 1.29 is 9.90 Å². The third-order valence-electron chi connectivity index (χ3n) is 2.81. The molecule has 1 aromatic heterocycles. The second kappa shape index (κ2) is 7.08. The van der Waals surface area contributed by atoms with E-state index in [1.165, 1.54) is 18.3 Å². The SMILES string of the molecule is O=C(NCc1ccccc1C#CCO)c1ccc(=O)[nH]c1. The lowest BCUT2D eigenvalue weighted by atomic mass is 10.1. The van der Waals surface area contributed by atoms with Crippen molar-refractivity contribution in [3.8, 4) is 11.8 Å². The van der Waals surface area contributed by atoms with Crippen molar-refractivity contribution in [1.82, 2.24) is 10.3 Å². The summed E-state index contributed by atoms with van der Waals surface area (Å²) in [5.41, 5.74) is 1.74. The first-order chi connectivity index (χ1) is 10.2. The summed E-state index contributed by atoms with van der Waals surface area (Å²) in [6.45, 7) is 0.103. The molecule has 1 amide bonds. The minimum Gasteiger partial charge on any atom is -0.384 e. The zero-order valence-corrected chi connectivity index (χ0v) is 11.2. The number of aliphatic hydroxyl groups is 1. The largest absolute Gasteiger partial charge is 0.384 e. The highest BCUT2D eigenvalue weighted by Gasteiger charge is 2.06. The fraction of sp³-hybridized carbons (Fsp3) is 0.125. The topological polar surface area (TPSA) is 82.2 Å². The Morgan fingerprint density at radius 1 is 1.24 bits per heavy atom. The molecular weight excluding hydrogens is 268 g/mol. The minimum absolute atomic E-state index is 0.210. The average molecular weight is 282 g/mol. The molecule has 0 aliphatic carbocycles. The lowest BCUT2D eigenvalue weighted by Crippen LogP contribution is -2.24. The van der Waals surface area contributed by atoms with E-state index in [-0.39, 0.29) is 18.1 Å². The van der Waals surface area contributed by atoms with E-state index in [1.807, 2.05) is 24.3 Å². The molecule has 0 aliphatic rings. The highest BCUT2D eigenvalue weighted by molar-refractivity contribution is 5.93. The lowest BCUT2D eigenvalue weighted by molar-refractivity contribution is 0.0950. The van der Waals surface area contributed by atoms with E-state index < -0.39 is 0 Å². The van der Waals surface area contributed by atoms with Crippen LogP contribution in [0.3, 0.4) is 0 Å². The van der Waals surface area contributed by atoms with Crippen molar-refractivity contribution in [2.24, 2.45) is 0 Å². The summed E-state index contributed by atoms with van der Waals surface area (Å²) in [6, 6.07) is 10.1. The number of aromatic amines is 1. The number of carbonyl (C=O) groups is 1. The Bertz CT molecular complexity index is 733. The molecule has 2 aromatic rings. The van der Waals surface area contributed by atoms with Gasteiger partial charge in [0.1, 0.15) is 6.61 Å². The number of pyridine rings is 1. The first kappa shape index (κ1) is 14.6. The predicted octanol–water partition coefficient (Wildman–Crippen LogP) is 0.649. The van der Waals surface area contributed by atoms with E-state index in [9.17, 15) is 9.59 Å². The summed E-state index contributed by atoms with van der Waals surface area (Å²) in [6.07, 6.45) is 1.37. The zero-order chi connectivity index (χ0) is 15.1. The molecule has 0 fully saturated rings. The van der Waals surface area contributed by atoms with Gasteiger partial charge in [-0.3, -0.25) is 9.59 Å². The molecule has 2 rings (SSSR count). The molecule has 0 bridgehead atoms. The van der Waals surface area contributed by atoms with Gasteiger partial charge in [0.15, 0.2) is 0 Å². The van der Waals surface area contributed by atoms with Crippen molar-refractivity contribution in [1.29, 1.82) is 0 Å². The summed E-state index contributed by atoms with van der Waals surface area (Å²) in [5.74, 6) is 5.14. The molecule has 1 heterocycles. The van der Waals surface area contributed by atoms with Crippen LogP contribution in [0, 0.1) is 11.8 Å². The molecule has 0 saturated heterocycles. The molecule has 0 spiro atoms. The van der Waals surface area contributed by atoms with Crippen LogP contribution in [0.15, 0.2) is 47.4 Å². The third kappa shape index (κ3) is 4.06. The molecule has 1 aromatic carbocycles. The summed E-state index contributed by atoms with van der Waals surface area (Å²) in [7, 11) is 0. The van der Waals surface area contributed by atoms with Crippen LogP contribution in [0.25, 0.3) is 0 Å². The van der Waals surface area contributed by atoms with Crippen LogP contribution < -0.4 is 10.9 Å². The Balaban J connectivity index is 2.08. The van der Waals surface area contributed by atoms with Gasteiger partial charge < -0.3 is 15.4 Å². The molecule has 0 unspecified atom stereocenters. The number of hydrogen-bond donors (Lipinski definition) is 3. The van der Waals surface area contributed by atoms with Gasteiger partial charge >= 0.3 is 0 Å². The lowest BCUT2D eigenvalue weighted by Gasteiger charge is -2.07. The molecule has 106 valence electrons. The highest BCUT2D eigenvalue weighted by Crippen LogP contribution is 2.07. The highest BCUT2D eigenvalue weighted by atomic mass is 16.2. The fourth-order valence-electron chi connectivity index (χ4n) is 1.76. The second-order valence-corrected chi connectivity index (χ2v) is 4.24. The standard InChI is InChI=1S/C16H14N2O3/c19-9-3-6-12-4-1-2-5-13(12)10-18-16(21)14-7-8-15(20)17-11-14/h1-2,4-5,7-8,11,19H,9-10H2,(H,17,20)(H,18,21). The van der Waals surface area contributed by atoms with E-state index in [0.717, 1.165) is 11.1 Å². The Labute approximate surface area is 121 Å². The third-order valence-corrected chi connectivity index (χ3v) is 2.81. The van der Waals surface area contributed by atoms with Crippen molar-refractivity contribution in [3.63, 3.8) is 0 Å². The van der Waals surface area contributed by atoms with Crippen molar-refractivity contribution in [3.05, 3.63) is 69.6 Å². The van der Waals surface area contributed by atoms with Gasteiger partial charge in [0.05, 0.1) is 5.56 Å². The van der Waals surface area contributed by atoms with Crippen molar-refractivity contribution in [2.45, 2.75) is 6.54 Å². The van der Waals surface area contributed by atoms with E-state index in [4.69, 9.17) is 5.11 Å². The zero-order valence-electron chi connectivity index (χ0n) is 11.2. The predicted molar refractivity (Wildman–Crippen MR) is 78.6 cm³/mol. The van der Waals surface area contributed by atoms with E-state index in [0.29, 0.717) is 12.1 Å². The van der Waals surface area contributed by atoms with Crippen molar-refractivity contribution >= 4 is 5.91 Å². The van der Waals surface area contributed by atoms with E-state index in [1.54, 1.807) is 0 Å². The van der Waals surface area contributed by atoms with Crippen LogP contribution in [0.4, 0.5) is 0 Å². The Morgan fingerprint density at radius 2 is 2.05 bits per heavy atom. The Morgan fingerprint density at radius 3 is 2.76 bits per heavy atom. The van der Waals surface area contributed by atoms with Gasteiger partial charge in [0, 0.05) is 24.4 Å². The average Bonchev–Trinajstić information content (AvgIpc) is 2.52. The van der Waals surface area contributed by atoms with Gasteiger partial charge in [-0.2, -0.15) is 0 Å². The number of carbonyl (C=O) groups excluding carboxylic acids is 1. The number of benzene rings is 1. The Kier molecular flexibility index (Phi) is 4.91. The van der Waals surface area contributed by atoms with Gasteiger partial charge in [0.2, 0.25) is 5.56 Å². The van der Waals surface area contributed by atoms with Gasteiger partial charge in [-0.15, -0.1) is 0 Å². The minimum atomic E-state index is -0.281. The fourth-order valence-corrected chi connectivity index (χ4v) is 1.76. The van der Waals surface area contributed by atoms with Crippen LogP contribution in [0.5, 0.6) is 0 Å². The smallest absolute Gasteiger partial charge is 0.253 e. The summed E-state index contributed by atoms with van der Waals surface area (Å²) in [4.78, 5) is 25.3. The monoisotopic (exact) mass is 282 g/mol. The molecule has 0 aliphatic heterocycles. The Hall–Kier alpha value is -2.84. The second-order valence-electron chi connectivity index (χ2n) is 4.24. The molecule has 0 saturated carbocycles. The number of nitrogens with one attached hydrogen (secondary N) is 2. The summed E-state index contributed by atoms with van der Waals surface area (Å²) < 4.78 is 0. The van der Waals surface area contributed by atoms with Crippen LogP contribution in [0.1, 0.15) is 21.5 Å². The van der Waals surface area contributed by atoms with Crippen LogP contribution in [-0.4, -0.2) is 22.6 Å². The first-order valence-corrected chi connectivity index (χ1v) is 6.35. The van der Waals surface area contributed by atoms with Crippen molar-refractivity contribution in [2.75, 3.05) is 6.61 Å². The number of aliphatic hydroxyl groups excluding tert-OH is 1. The van der Waals surface area contributed by atoms with Crippen LogP contribution in [-0.2, 0) is 6.54 Å². The summed E-state index contributed by atoms with van der Waals surface area (Å²) in [5, 5.41) is 11.5. The number of amides is 1. The maximum Gasteiger partial charge on any atom is 0.253 e. The number of hydrogen-bond acceptors (Lipinski definition) is 3. The first-order valence-electron chi connectivity index (χ1n) is 6.35. The molecular formula is C16H14N2O3. The molecule has 0 radical (unpaired) electrons. The maximum atomic E-state index is 11.9. The number of aromatic nitrogens is 1. The molecule has 0 atom stereocenters. The number of rotatable bonds is 3. The van der Waals surface area contributed by atoms with Crippen LogP contribution in [0.2, 0.25) is 0 Å². The summed E-state index contributed by atoms with van der Waals surface area (Å²) >= 11 is 0. The van der Waals surface area contributed by atoms with Gasteiger partial charge in [0.25, 0.3) is 5.91 Å².